The number of ether oxygens (including phenoxy) is 1. The molecular weight excluding hydrogens is 320 g/mol. The molecule has 0 aromatic heterocycles. The number of hydrogen-bond acceptors (Lipinski definition) is 3. The smallest absolute Gasteiger partial charge is 0.255 e. The first-order valence-corrected chi connectivity index (χ1v) is 6.81. The molecule has 0 bridgehead atoms. The van der Waals surface area contributed by atoms with Crippen LogP contribution in [-0.4, -0.2) is 13.0 Å². The van der Waals surface area contributed by atoms with E-state index in [-0.39, 0.29) is 5.91 Å². The predicted octanol–water partition coefficient (Wildman–Crippen LogP) is 3.60. The SMILES string of the molecule is COc1cc(C)ccc1NC(=O)c1ccc(Br)c(N)c1. The van der Waals surface area contributed by atoms with Crippen LogP contribution in [-0.2, 0) is 0 Å². The quantitative estimate of drug-likeness (QED) is 0.843. The van der Waals surface area contributed by atoms with Gasteiger partial charge in [-0.1, -0.05) is 6.07 Å². The van der Waals surface area contributed by atoms with Crippen LogP contribution in [0.15, 0.2) is 40.9 Å². The molecule has 0 saturated heterocycles. The van der Waals surface area contributed by atoms with Crippen LogP contribution in [0, 0.1) is 6.92 Å². The Morgan fingerprint density at radius 3 is 2.65 bits per heavy atom. The lowest BCUT2D eigenvalue weighted by molar-refractivity contribution is 0.102. The van der Waals surface area contributed by atoms with Crippen LogP contribution >= 0.6 is 15.9 Å². The second-order valence-electron chi connectivity index (χ2n) is 4.39. The van der Waals surface area contributed by atoms with Gasteiger partial charge >= 0.3 is 0 Å². The number of nitrogens with two attached hydrogens (primary N) is 1. The van der Waals surface area contributed by atoms with E-state index in [0.717, 1.165) is 10.0 Å². The number of nitrogens with one attached hydrogen (secondary N) is 1. The molecule has 0 aliphatic heterocycles. The number of methoxy groups -OCH3 is 1. The van der Waals surface area contributed by atoms with Crippen molar-refractivity contribution < 1.29 is 9.53 Å². The second-order valence-corrected chi connectivity index (χ2v) is 5.25. The van der Waals surface area contributed by atoms with Gasteiger partial charge in [-0.25, -0.2) is 0 Å². The van der Waals surface area contributed by atoms with Crippen LogP contribution < -0.4 is 15.8 Å². The van der Waals surface area contributed by atoms with Crippen molar-refractivity contribution in [3.05, 3.63) is 52.0 Å². The van der Waals surface area contributed by atoms with E-state index in [0.29, 0.717) is 22.7 Å². The summed E-state index contributed by atoms with van der Waals surface area (Å²) < 4.78 is 6.02. The van der Waals surface area contributed by atoms with Crippen molar-refractivity contribution in [2.24, 2.45) is 0 Å². The minimum absolute atomic E-state index is 0.230. The Bertz CT molecular complexity index is 656. The Balaban J connectivity index is 2.25. The molecule has 4 nitrogen and oxygen atoms in total. The highest BCUT2D eigenvalue weighted by molar-refractivity contribution is 9.10. The summed E-state index contributed by atoms with van der Waals surface area (Å²) in [5.41, 5.74) is 8.48. The molecule has 3 N–H and O–H groups in total. The maximum atomic E-state index is 12.2. The van der Waals surface area contributed by atoms with E-state index < -0.39 is 0 Å². The van der Waals surface area contributed by atoms with Crippen molar-refractivity contribution in [1.82, 2.24) is 0 Å². The number of carbonyl (C=O) groups is 1. The van der Waals surface area contributed by atoms with E-state index in [1.54, 1.807) is 25.3 Å². The van der Waals surface area contributed by atoms with Crippen LogP contribution in [0.1, 0.15) is 15.9 Å². The molecule has 1 amide bonds. The minimum Gasteiger partial charge on any atom is -0.495 e. The van der Waals surface area contributed by atoms with E-state index in [2.05, 4.69) is 21.2 Å². The largest absolute Gasteiger partial charge is 0.495 e. The topological polar surface area (TPSA) is 64.3 Å². The number of hydrogen-bond donors (Lipinski definition) is 2. The van der Waals surface area contributed by atoms with Crippen molar-refractivity contribution in [2.75, 3.05) is 18.2 Å². The third-order valence-corrected chi connectivity index (χ3v) is 3.59. The average Bonchev–Trinajstić information content (AvgIpc) is 2.43. The molecule has 0 atom stereocenters. The third kappa shape index (κ3) is 3.11. The first-order chi connectivity index (χ1) is 9.51. The van der Waals surface area contributed by atoms with Gasteiger partial charge in [0.15, 0.2) is 0 Å². The zero-order chi connectivity index (χ0) is 14.7. The zero-order valence-electron chi connectivity index (χ0n) is 11.2. The van der Waals surface area contributed by atoms with Gasteiger partial charge < -0.3 is 15.8 Å². The van der Waals surface area contributed by atoms with Gasteiger partial charge in [0.05, 0.1) is 12.8 Å². The fourth-order valence-corrected chi connectivity index (χ4v) is 2.03. The minimum atomic E-state index is -0.230. The predicted molar refractivity (Wildman–Crippen MR) is 84.2 cm³/mol. The summed E-state index contributed by atoms with van der Waals surface area (Å²) in [7, 11) is 1.57. The molecule has 2 aromatic rings. The Hall–Kier alpha value is -2.01. The molecular formula is C15H15BrN2O2. The molecule has 2 rings (SSSR count). The highest BCUT2D eigenvalue weighted by Gasteiger charge is 2.11. The molecule has 0 spiro atoms. The van der Waals surface area contributed by atoms with E-state index in [1.165, 1.54) is 0 Å². The molecule has 0 aliphatic rings. The number of carbonyl (C=O) groups excluding carboxylic acids is 1. The number of anilines is 2. The first-order valence-electron chi connectivity index (χ1n) is 6.02. The van der Waals surface area contributed by atoms with E-state index >= 15 is 0 Å². The molecule has 0 heterocycles. The molecule has 0 aliphatic carbocycles. The van der Waals surface area contributed by atoms with Gasteiger partial charge in [-0.3, -0.25) is 4.79 Å². The second kappa shape index (κ2) is 5.96. The fraction of sp³-hybridized carbons (Fsp3) is 0.133. The standard InChI is InChI=1S/C15H15BrN2O2/c1-9-3-6-13(14(7-9)20-2)18-15(19)10-4-5-11(16)12(17)8-10/h3-8H,17H2,1-2H3,(H,18,19). The summed E-state index contributed by atoms with van der Waals surface area (Å²) in [6.07, 6.45) is 0. The van der Waals surface area contributed by atoms with Crippen LogP contribution in [0.2, 0.25) is 0 Å². The molecule has 20 heavy (non-hydrogen) atoms. The number of halogens is 1. The van der Waals surface area contributed by atoms with Gasteiger partial charge in [0.2, 0.25) is 0 Å². The van der Waals surface area contributed by atoms with E-state index in [9.17, 15) is 4.79 Å². The maximum absolute atomic E-state index is 12.2. The van der Waals surface area contributed by atoms with Crippen LogP contribution in [0.5, 0.6) is 5.75 Å². The van der Waals surface area contributed by atoms with Gasteiger partial charge in [0.1, 0.15) is 5.75 Å². The van der Waals surface area contributed by atoms with Gasteiger partial charge in [0, 0.05) is 15.7 Å². The van der Waals surface area contributed by atoms with Crippen molar-refractivity contribution in [3.63, 3.8) is 0 Å². The molecule has 5 heteroatoms. The maximum Gasteiger partial charge on any atom is 0.255 e. The highest BCUT2D eigenvalue weighted by atomic mass is 79.9. The Kier molecular flexibility index (Phi) is 4.29. The van der Waals surface area contributed by atoms with Crippen molar-refractivity contribution >= 4 is 33.2 Å². The molecule has 0 fully saturated rings. The van der Waals surface area contributed by atoms with Gasteiger partial charge in [-0.2, -0.15) is 0 Å². The number of benzene rings is 2. The lowest BCUT2D eigenvalue weighted by Crippen LogP contribution is -2.13. The van der Waals surface area contributed by atoms with Crippen molar-refractivity contribution in [1.29, 1.82) is 0 Å². The number of aryl methyl sites for hydroxylation is 1. The number of nitrogen functional groups attached to an aromatic ring is 1. The Labute approximate surface area is 126 Å². The first kappa shape index (κ1) is 14.4. The monoisotopic (exact) mass is 334 g/mol. The van der Waals surface area contributed by atoms with Crippen LogP contribution in [0.3, 0.4) is 0 Å². The number of rotatable bonds is 3. The highest BCUT2D eigenvalue weighted by Crippen LogP contribution is 2.26. The lowest BCUT2D eigenvalue weighted by atomic mass is 10.1. The summed E-state index contributed by atoms with van der Waals surface area (Å²) in [6.45, 7) is 1.96. The number of amides is 1. The van der Waals surface area contributed by atoms with Crippen molar-refractivity contribution in [2.45, 2.75) is 6.92 Å². The lowest BCUT2D eigenvalue weighted by Gasteiger charge is -2.11. The van der Waals surface area contributed by atoms with Gasteiger partial charge in [-0.15, -0.1) is 0 Å². The third-order valence-electron chi connectivity index (χ3n) is 2.86. The van der Waals surface area contributed by atoms with Crippen LogP contribution in [0.25, 0.3) is 0 Å². The molecule has 0 unspecified atom stereocenters. The fourth-order valence-electron chi connectivity index (χ4n) is 1.78. The Morgan fingerprint density at radius 2 is 2.00 bits per heavy atom. The van der Waals surface area contributed by atoms with Gasteiger partial charge in [-0.05, 0) is 58.7 Å². The normalized spacial score (nSPS) is 10.2. The summed E-state index contributed by atoms with van der Waals surface area (Å²) >= 11 is 3.30. The summed E-state index contributed by atoms with van der Waals surface area (Å²) in [5, 5.41) is 2.82. The van der Waals surface area contributed by atoms with Crippen LogP contribution in [0.4, 0.5) is 11.4 Å². The zero-order valence-corrected chi connectivity index (χ0v) is 12.8. The summed E-state index contributed by atoms with van der Waals surface area (Å²) in [5.74, 6) is 0.398. The molecule has 0 radical (unpaired) electrons. The Morgan fingerprint density at radius 1 is 1.25 bits per heavy atom. The van der Waals surface area contributed by atoms with E-state index in [4.69, 9.17) is 10.5 Å². The summed E-state index contributed by atoms with van der Waals surface area (Å²) in [4.78, 5) is 12.2. The van der Waals surface area contributed by atoms with Gasteiger partial charge in [0.25, 0.3) is 5.91 Å². The van der Waals surface area contributed by atoms with E-state index in [1.807, 2.05) is 25.1 Å². The summed E-state index contributed by atoms with van der Waals surface area (Å²) in [6, 6.07) is 10.7. The average molecular weight is 335 g/mol. The molecule has 0 saturated carbocycles. The molecule has 2 aromatic carbocycles. The van der Waals surface area contributed by atoms with Crippen molar-refractivity contribution in [3.8, 4) is 5.75 Å². The molecule has 104 valence electrons.